The Morgan fingerprint density at radius 2 is 2.30 bits per heavy atom. The maximum absolute atomic E-state index is 6.02. The molecule has 3 heterocycles. The van der Waals surface area contributed by atoms with Crippen LogP contribution in [0.15, 0.2) is 16.9 Å². The summed E-state index contributed by atoms with van der Waals surface area (Å²) in [4.78, 5) is 2.56. The van der Waals surface area contributed by atoms with Crippen molar-refractivity contribution in [2.75, 3.05) is 26.2 Å². The Bertz CT molecular complexity index is 441. The first-order valence-corrected chi connectivity index (χ1v) is 8.07. The zero-order chi connectivity index (χ0) is 13.4. The molecule has 0 bridgehead atoms. The molecule has 2 atom stereocenters. The fourth-order valence-electron chi connectivity index (χ4n) is 4.29. The lowest BCUT2D eigenvalue weighted by atomic mass is 9.63. The number of rotatable bonds is 3. The molecule has 1 aliphatic carbocycles. The molecule has 1 aromatic rings. The Hall–Kier alpha value is -0.870. The molecule has 4 rings (SSSR count). The van der Waals surface area contributed by atoms with Crippen LogP contribution in [0.25, 0.3) is 0 Å². The second kappa shape index (κ2) is 5.15. The van der Waals surface area contributed by atoms with E-state index in [1.165, 1.54) is 45.1 Å². The largest absolute Gasteiger partial charge is 0.377 e. The smallest absolute Gasteiger partial charge is 0.124 e. The molecule has 0 aromatic carbocycles. The van der Waals surface area contributed by atoms with Gasteiger partial charge in [0.05, 0.1) is 11.8 Å². The van der Waals surface area contributed by atoms with Crippen LogP contribution in [0.4, 0.5) is 0 Å². The molecule has 1 saturated carbocycles. The van der Waals surface area contributed by atoms with Crippen LogP contribution >= 0.6 is 0 Å². The Kier molecular flexibility index (Phi) is 3.31. The first-order chi connectivity index (χ1) is 9.83. The van der Waals surface area contributed by atoms with Crippen LogP contribution in [0.2, 0.25) is 0 Å². The first kappa shape index (κ1) is 12.8. The van der Waals surface area contributed by atoms with Gasteiger partial charge in [0.25, 0.3) is 0 Å². The summed E-state index contributed by atoms with van der Waals surface area (Å²) < 4.78 is 11.0. The molecule has 1 aromatic heterocycles. The highest BCUT2D eigenvalue weighted by Crippen LogP contribution is 2.50. The molecule has 4 heteroatoms. The van der Waals surface area contributed by atoms with E-state index in [2.05, 4.69) is 10.1 Å². The average Bonchev–Trinajstić information content (AvgIpc) is 3.07. The maximum Gasteiger partial charge on any atom is 0.124 e. The molecule has 1 spiro atoms. The van der Waals surface area contributed by atoms with E-state index in [1.807, 2.05) is 6.07 Å². The first-order valence-electron chi connectivity index (χ1n) is 8.07. The van der Waals surface area contributed by atoms with E-state index in [-0.39, 0.29) is 0 Å². The Balaban J connectivity index is 1.31. The lowest BCUT2D eigenvalue weighted by Gasteiger charge is -2.48. The SMILES string of the molecule is c1cc(C2CCN(CC3CC4(CCC4)CCO3)C2)no1. The van der Waals surface area contributed by atoms with Crippen molar-refractivity contribution >= 4 is 0 Å². The van der Waals surface area contributed by atoms with Gasteiger partial charge in [-0.05, 0) is 44.1 Å². The second-order valence-corrected chi connectivity index (χ2v) is 6.97. The lowest BCUT2D eigenvalue weighted by Crippen LogP contribution is -2.44. The maximum atomic E-state index is 6.02. The molecule has 110 valence electrons. The molecule has 20 heavy (non-hydrogen) atoms. The fourth-order valence-corrected chi connectivity index (χ4v) is 4.29. The monoisotopic (exact) mass is 276 g/mol. The van der Waals surface area contributed by atoms with Crippen molar-refractivity contribution in [3.8, 4) is 0 Å². The topological polar surface area (TPSA) is 38.5 Å². The van der Waals surface area contributed by atoms with Crippen molar-refractivity contribution in [1.29, 1.82) is 0 Å². The van der Waals surface area contributed by atoms with E-state index in [4.69, 9.17) is 9.26 Å². The number of aromatic nitrogens is 1. The van der Waals surface area contributed by atoms with Crippen LogP contribution in [0.5, 0.6) is 0 Å². The molecule has 2 unspecified atom stereocenters. The van der Waals surface area contributed by atoms with E-state index in [1.54, 1.807) is 6.26 Å². The summed E-state index contributed by atoms with van der Waals surface area (Å²) in [5.74, 6) is 0.551. The molecule has 3 aliphatic rings. The second-order valence-electron chi connectivity index (χ2n) is 6.97. The molecular weight excluding hydrogens is 252 g/mol. The number of ether oxygens (including phenoxy) is 1. The fraction of sp³-hybridized carbons (Fsp3) is 0.812. The molecule has 0 radical (unpaired) electrons. The standard InChI is InChI=1S/C16H24N2O2/c1-4-16(5-1)6-9-19-14(10-16)12-18-7-2-13(11-18)15-3-8-20-17-15/h3,8,13-14H,1-2,4-7,9-12H2. The van der Waals surface area contributed by atoms with Crippen LogP contribution in [-0.4, -0.2) is 42.4 Å². The van der Waals surface area contributed by atoms with Gasteiger partial charge in [-0.15, -0.1) is 0 Å². The normalized spacial score (nSPS) is 33.4. The third-order valence-electron chi connectivity index (χ3n) is 5.67. The average molecular weight is 276 g/mol. The van der Waals surface area contributed by atoms with Crippen LogP contribution < -0.4 is 0 Å². The third kappa shape index (κ3) is 2.40. The van der Waals surface area contributed by atoms with E-state index in [0.29, 0.717) is 17.4 Å². The van der Waals surface area contributed by atoms with E-state index >= 15 is 0 Å². The summed E-state index contributed by atoms with van der Waals surface area (Å²) >= 11 is 0. The summed E-state index contributed by atoms with van der Waals surface area (Å²) in [6.45, 7) is 4.37. The molecule has 2 aliphatic heterocycles. The molecule has 3 fully saturated rings. The zero-order valence-corrected chi connectivity index (χ0v) is 12.1. The predicted molar refractivity (Wildman–Crippen MR) is 75.6 cm³/mol. The van der Waals surface area contributed by atoms with Gasteiger partial charge in [0.15, 0.2) is 0 Å². The Labute approximate surface area is 120 Å². The van der Waals surface area contributed by atoms with Crippen LogP contribution in [0.1, 0.15) is 50.1 Å². The van der Waals surface area contributed by atoms with Gasteiger partial charge in [-0.25, -0.2) is 0 Å². The van der Waals surface area contributed by atoms with E-state index < -0.39 is 0 Å². The van der Waals surface area contributed by atoms with Crippen molar-refractivity contribution < 1.29 is 9.26 Å². The highest BCUT2D eigenvalue weighted by Gasteiger charge is 2.42. The summed E-state index contributed by atoms with van der Waals surface area (Å²) in [6.07, 6.45) is 10.2. The summed E-state index contributed by atoms with van der Waals surface area (Å²) in [5, 5.41) is 4.09. The van der Waals surface area contributed by atoms with Crippen LogP contribution in [0.3, 0.4) is 0 Å². The zero-order valence-electron chi connectivity index (χ0n) is 12.1. The van der Waals surface area contributed by atoms with Gasteiger partial charge in [-0.1, -0.05) is 11.6 Å². The van der Waals surface area contributed by atoms with Gasteiger partial charge in [0.2, 0.25) is 0 Å². The molecule has 2 saturated heterocycles. The van der Waals surface area contributed by atoms with Crippen molar-refractivity contribution in [3.63, 3.8) is 0 Å². The van der Waals surface area contributed by atoms with Gasteiger partial charge in [-0.2, -0.15) is 0 Å². The van der Waals surface area contributed by atoms with Gasteiger partial charge < -0.3 is 14.2 Å². The molecular formula is C16H24N2O2. The summed E-state index contributed by atoms with van der Waals surface area (Å²) in [5.41, 5.74) is 1.78. The minimum absolute atomic E-state index is 0.458. The number of hydrogen-bond donors (Lipinski definition) is 0. The van der Waals surface area contributed by atoms with Crippen LogP contribution in [0, 0.1) is 5.41 Å². The molecule has 0 amide bonds. The van der Waals surface area contributed by atoms with Crippen LogP contribution in [-0.2, 0) is 4.74 Å². The highest BCUT2D eigenvalue weighted by atomic mass is 16.5. The number of nitrogens with zero attached hydrogens (tertiary/aromatic N) is 2. The van der Waals surface area contributed by atoms with E-state index in [9.17, 15) is 0 Å². The highest BCUT2D eigenvalue weighted by molar-refractivity contribution is 5.07. The minimum Gasteiger partial charge on any atom is -0.377 e. The predicted octanol–water partition coefficient (Wildman–Crippen LogP) is 2.81. The van der Waals surface area contributed by atoms with Gasteiger partial charge in [-0.3, -0.25) is 0 Å². The van der Waals surface area contributed by atoms with Gasteiger partial charge >= 0.3 is 0 Å². The van der Waals surface area contributed by atoms with Crippen molar-refractivity contribution in [2.45, 2.75) is 50.5 Å². The van der Waals surface area contributed by atoms with E-state index in [0.717, 1.165) is 25.4 Å². The minimum atomic E-state index is 0.458. The Morgan fingerprint density at radius 3 is 3.05 bits per heavy atom. The van der Waals surface area contributed by atoms with Crippen molar-refractivity contribution in [3.05, 3.63) is 18.0 Å². The van der Waals surface area contributed by atoms with Gasteiger partial charge in [0.1, 0.15) is 6.26 Å². The molecule has 0 N–H and O–H groups in total. The summed E-state index contributed by atoms with van der Waals surface area (Å²) in [7, 11) is 0. The summed E-state index contributed by atoms with van der Waals surface area (Å²) in [6, 6.07) is 2.01. The number of hydrogen-bond acceptors (Lipinski definition) is 4. The van der Waals surface area contributed by atoms with Crippen molar-refractivity contribution in [2.24, 2.45) is 5.41 Å². The van der Waals surface area contributed by atoms with Gasteiger partial charge in [0, 0.05) is 31.7 Å². The molecule has 4 nitrogen and oxygen atoms in total. The van der Waals surface area contributed by atoms with Crippen molar-refractivity contribution in [1.82, 2.24) is 10.1 Å². The lowest BCUT2D eigenvalue weighted by molar-refractivity contribution is -0.0879. The number of likely N-dealkylation sites (tertiary alicyclic amines) is 1. The third-order valence-corrected chi connectivity index (χ3v) is 5.67. The Morgan fingerprint density at radius 1 is 1.35 bits per heavy atom. The quantitative estimate of drug-likeness (QED) is 0.851.